The SMILES string of the molecule is CCCC(C)C(Cn1ccnn1)Cn1cnnn1. The van der Waals surface area contributed by atoms with Crippen molar-refractivity contribution in [3.8, 4) is 0 Å². The van der Waals surface area contributed by atoms with Crippen LogP contribution in [-0.4, -0.2) is 35.2 Å². The van der Waals surface area contributed by atoms with Crippen LogP contribution in [0.1, 0.15) is 26.7 Å². The van der Waals surface area contributed by atoms with E-state index in [2.05, 4.69) is 39.7 Å². The van der Waals surface area contributed by atoms with Gasteiger partial charge in [0.05, 0.1) is 6.20 Å². The van der Waals surface area contributed by atoms with Crippen LogP contribution in [0, 0.1) is 11.8 Å². The van der Waals surface area contributed by atoms with Gasteiger partial charge >= 0.3 is 0 Å². The molecule has 0 radical (unpaired) electrons. The van der Waals surface area contributed by atoms with E-state index in [9.17, 15) is 0 Å². The summed E-state index contributed by atoms with van der Waals surface area (Å²) in [5.74, 6) is 1.05. The largest absolute Gasteiger partial charge is 0.252 e. The van der Waals surface area contributed by atoms with Gasteiger partial charge in [-0.05, 0) is 16.3 Å². The summed E-state index contributed by atoms with van der Waals surface area (Å²) < 4.78 is 3.66. The molecule has 18 heavy (non-hydrogen) atoms. The molecule has 7 heteroatoms. The molecule has 0 saturated carbocycles. The van der Waals surface area contributed by atoms with Crippen molar-refractivity contribution >= 4 is 0 Å². The minimum atomic E-state index is 0.454. The Bertz CT molecular complexity index is 386. The maximum Gasteiger partial charge on any atom is 0.138 e. The van der Waals surface area contributed by atoms with Gasteiger partial charge in [0.1, 0.15) is 6.33 Å². The highest BCUT2D eigenvalue weighted by Gasteiger charge is 2.19. The molecule has 0 amide bonds. The molecule has 0 saturated heterocycles. The summed E-state index contributed by atoms with van der Waals surface area (Å²) in [6.07, 6.45) is 7.64. The smallest absolute Gasteiger partial charge is 0.138 e. The van der Waals surface area contributed by atoms with E-state index in [1.54, 1.807) is 17.2 Å². The van der Waals surface area contributed by atoms with Gasteiger partial charge in [0.25, 0.3) is 0 Å². The molecule has 0 aromatic carbocycles. The lowest BCUT2D eigenvalue weighted by Crippen LogP contribution is -2.24. The van der Waals surface area contributed by atoms with Crippen LogP contribution in [-0.2, 0) is 13.1 Å². The molecular formula is C11H19N7. The molecule has 0 spiro atoms. The summed E-state index contributed by atoms with van der Waals surface area (Å²) >= 11 is 0. The van der Waals surface area contributed by atoms with Crippen LogP contribution in [0.2, 0.25) is 0 Å². The highest BCUT2D eigenvalue weighted by Crippen LogP contribution is 2.20. The molecule has 2 heterocycles. The van der Waals surface area contributed by atoms with Crippen molar-refractivity contribution in [1.82, 2.24) is 35.2 Å². The second-order valence-electron chi connectivity index (χ2n) is 4.68. The molecule has 0 bridgehead atoms. The van der Waals surface area contributed by atoms with E-state index in [4.69, 9.17) is 0 Å². The molecule has 2 aromatic rings. The van der Waals surface area contributed by atoms with Crippen LogP contribution in [0.4, 0.5) is 0 Å². The molecule has 98 valence electrons. The number of hydrogen-bond donors (Lipinski definition) is 0. The molecule has 0 aliphatic heterocycles. The van der Waals surface area contributed by atoms with Crippen molar-refractivity contribution in [2.24, 2.45) is 11.8 Å². The van der Waals surface area contributed by atoms with E-state index in [0.29, 0.717) is 11.8 Å². The second-order valence-corrected chi connectivity index (χ2v) is 4.68. The Labute approximate surface area is 106 Å². The monoisotopic (exact) mass is 249 g/mol. The van der Waals surface area contributed by atoms with E-state index in [-0.39, 0.29) is 0 Å². The highest BCUT2D eigenvalue weighted by atomic mass is 15.5. The topological polar surface area (TPSA) is 74.3 Å². The lowest BCUT2D eigenvalue weighted by Gasteiger charge is -2.23. The van der Waals surface area contributed by atoms with Gasteiger partial charge in [-0.1, -0.05) is 31.9 Å². The van der Waals surface area contributed by atoms with Crippen molar-refractivity contribution in [3.05, 3.63) is 18.7 Å². The van der Waals surface area contributed by atoms with Crippen LogP contribution in [0.5, 0.6) is 0 Å². The standard InChI is InChI=1S/C11H19N7/c1-3-4-10(2)11(7-17-6-5-12-15-17)8-18-9-13-14-16-18/h5-6,9-11H,3-4,7-8H2,1-2H3. The predicted octanol–water partition coefficient (Wildman–Crippen LogP) is 1.02. The first-order valence-corrected chi connectivity index (χ1v) is 6.34. The molecule has 0 fully saturated rings. The fourth-order valence-corrected chi connectivity index (χ4v) is 2.18. The second kappa shape index (κ2) is 6.23. The third-order valence-corrected chi connectivity index (χ3v) is 3.26. The Morgan fingerprint density at radius 1 is 1.11 bits per heavy atom. The Morgan fingerprint density at radius 2 is 1.94 bits per heavy atom. The van der Waals surface area contributed by atoms with Gasteiger partial charge in [-0.2, -0.15) is 0 Å². The van der Waals surface area contributed by atoms with Crippen LogP contribution in [0.3, 0.4) is 0 Å². The maximum absolute atomic E-state index is 4.03. The molecule has 0 aliphatic carbocycles. The average molecular weight is 249 g/mol. The van der Waals surface area contributed by atoms with Crippen LogP contribution >= 0.6 is 0 Å². The zero-order chi connectivity index (χ0) is 12.8. The van der Waals surface area contributed by atoms with Gasteiger partial charge in [-0.15, -0.1) is 10.2 Å². The third kappa shape index (κ3) is 3.35. The van der Waals surface area contributed by atoms with Crippen molar-refractivity contribution < 1.29 is 0 Å². The normalized spacial score (nSPS) is 14.6. The van der Waals surface area contributed by atoms with Gasteiger partial charge in [0.15, 0.2) is 0 Å². The number of aromatic nitrogens is 7. The molecule has 2 unspecified atom stereocenters. The van der Waals surface area contributed by atoms with E-state index in [0.717, 1.165) is 13.1 Å². The van der Waals surface area contributed by atoms with E-state index >= 15 is 0 Å². The van der Waals surface area contributed by atoms with Crippen LogP contribution in [0.15, 0.2) is 18.7 Å². The van der Waals surface area contributed by atoms with Gasteiger partial charge in [-0.25, -0.2) is 4.68 Å². The minimum Gasteiger partial charge on any atom is -0.252 e. The minimum absolute atomic E-state index is 0.454. The molecular weight excluding hydrogens is 230 g/mol. The molecule has 7 nitrogen and oxygen atoms in total. The zero-order valence-corrected chi connectivity index (χ0v) is 10.8. The Morgan fingerprint density at radius 3 is 2.56 bits per heavy atom. The summed E-state index contributed by atoms with van der Waals surface area (Å²) in [5.41, 5.74) is 0. The maximum atomic E-state index is 4.03. The summed E-state index contributed by atoms with van der Waals surface area (Å²) in [5, 5.41) is 19.2. The molecule has 2 rings (SSSR count). The highest BCUT2D eigenvalue weighted by molar-refractivity contribution is 4.71. The van der Waals surface area contributed by atoms with Gasteiger partial charge < -0.3 is 0 Å². The van der Waals surface area contributed by atoms with Crippen LogP contribution < -0.4 is 0 Å². The van der Waals surface area contributed by atoms with Gasteiger partial charge in [-0.3, -0.25) is 4.68 Å². The lowest BCUT2D eigenvalue weighted by atomic mass is 9.90. The van der Waals surface area contributed by atoms with E-state index in [1.807, 2.05) is 10.9 Å². The first kappa shape index (κ1) is 12.7. The van der Waals surface area contributed by atoms with Crippen molar-refractivity contribution in [2.45, 2.75) is 39.8 Å². The molecule has 2 aromatic heterocycles. The fraction of sp³-hybridized carbons (Fsp3) is 0.727. The zero-order valence-electron chi connectivity index (χ0n) is 10.8. The molecule has 0 N–H and O–H groups in total. The Balaban J connectivity index is 2.02. The Hall–Kier alpha value is -1.79. The number of nitrogens with zero attached hydrogens (tertiary/aromatic N) is 7. The lowest BCUT2D eigenvalue weighted by molar-refractivity contribution is 0.242. The van der Waals surface area contributed by atoms with Gasteiger partial charge in [0.2, 0.25) is 0 Å². The summed E-state index contributed by atoms with van der Waals surface area (Å²) in [4.78, 5) is 0. The number of rotatable bonds is 7. The van der Waals surface area contributed by atoms with E-state index in [1.165, 1.54) is 12.8 Å². The molecule has 2 atom stereocenters. The van der Waals surface area contributed by atoms with Crippen LogP contribution in [0.25, 0.3) is 0 Å². The van der Waals surface area contributed by atoms with Crippen molar-refractivity contribution in [1.29, 1.82) is 0 Å². The first-order valence-electron chi connectivity index (χ1n) is 6.34. The summed E-state index contributed by atoms with van der Waals surface area (Å²) in [6.45, 7) is 6.14. The van der Waals surface area contributed by atoms with E-state index < -0.39 is 0 Å². The fourth-order valence-electron chi connectivity index (χ4n) is 2.18. The average Bonchev–Trinajstić information content (AvgIpc) is 3.01. The third-order valence-electron chi connectivity index (χ3n) is 3.26. The first-order chi connectivity index (χ1) is 8.79. The number of hydrogen-bond acceptors (Lipinski definition) is 5. The molecule has 0 aliphatic rings. The van der Waals surface area contributed by atoms with Crippen molar-refractivity contribution in [3.63, 3.8) is 0 Å². The number of tetrazole rings is 1. The summed E-state index contributed by atoms with van der Waals surface area (Å²) in [7, 11) is 0. The summed E-state index contributed by atoms with van der Waals surface area (Å²) in [6, 6.07) is 0. The van der Waals surface area contributed by atoms with Crippen molar-refractivity contribution in [2.75, 3.05) is 0 Å². The quantitative estimate of drug-likeness (QED) is 0.732. The van der Waals surface area contributed by atoms with Gasteiger partial charge in [0, 0.05) is 25.2 Å². The predicted molar refractivity (Wildman–Crippen MR) is 65.4 cm³/mol. The Kier molecular flexibility index (Phi) is 4.38.